The molecule has 0 fully saturated rings. The van der Waals surface area contributed by atoms with Gasteiger partial charge in [-0.1, -0.05) is 90.0 Å². The lowest BCUT2D eigenvalue weighted by atomic mass is 10.0. The van der Waals surface area contributed by atoms with Crippen LogP contribution in [-0.2, 0) is 16.0 Å². The van der Waals surface area contributed by atoms with Crippen molar-refractivity contribution < 1.29 is 19.1 Å². The predicted octanol–water partition coefficient (Wildman–Crippen LogP) is 6.86. The zero-order chi connectivity index (χ0) is 25.2. The molecule has 8 heteroatoms. The van der Waals surface area contributed by atoms with Gasteiger partial charge in [-0.2, -0.15) is 11.8 Å². The maximum absolute atomic E-state index is 11.7. The normalized spacial score (nSPS) is 10.7. The van der Waals surface area contributed by atoms with Crippen LogP contribution in [-0.4, -0.2) is 48.4 Å². The van der Waals surface area contributed by atoms with Crippen molar-refractivity contribution in [2.75, 3.05) is 31.3 Å². The molecule has 0 radical (unpaired) electrons. The molecule has 7 nitrogen and oxygen atoms in total. The van der Waals surface area contributed by atoms with Gasteiger partial charge in [-0.05, 0) is 18.6 Å². The van der Waals surface area contributed by atoms with Crippen molar-refractivity contribution in [2.24, 2.45) is 0 Å². The molecule has 0 aliphatic rings. The molecule has 0 bridgehead atoms. The number of ether oxygens (including phenoxy) is 2. The highest BCUT2D eigenvalue weighted by Gasteiger charge is 2.03. The minimum atomic E-state index is -0.458. The number of unbranched alkanes of at least 4 members (excludes halogenated alkanes) is 12. The Kier molecular flexibility index (Phi) is 21.1. The maximum atomic E-state index is 11.7. The van der Waals surface area contributed by atoms with Gasteiger partial charge in [0.1, 0.15) is 13.2 Å². The van der Waals surface area contributed by atoms with Crippen LogP contribution in [0.2, 0.25) is 0 Å². The molecule has 1 aromatic heterocycles. The quantitative estimate of drug-likeness (QED) is 0.166. The summed E-state index contributed by atoms with van der Waals surface area (Å²) in [5.74, 6) is 1.33. The third-order valence-corrected chi connectivity index (χ3v) is 6.52. The van der Waals surface area contributed by atoms with Crippen LogP contribution in [0.1, 0.15) is 96.1 Å². The lowest BCUT2D eigenvalue weighted by molar-refractivity contribution is 0.152. The van der Waals surface area contributed by atoms with E-state index in [0.29, 0.717) is 37.8 Å². The second-order valence-corrected chi connectivity index (χ2v) is 9.95. The van der Waals surface area contributed by atoms with Gasteiger partial charge >= 0.3 is 12.2 Å². The molecule has 0 atom stereocenters. The summed E-state index contributed by atoms with van der Waals surface area (Å²) in [6.45, 7) is 3.94. The summed E-state index contributed by atoms with van der Waals surface area (Å²) >= 11 is 1.58. The van der Waals surface area contributed by atoms with E-state index < -0.39 is 6.09 Å². The summed E-state index contributed by atoms with van der Waals surface area (Å²) in [6, 6.07) is 5.53. The molecule has 1 heterocycles. The van der Waals surface area contributed by atoms with Gasteiger partial charge in [0.05, 0.1) is 12.2 Å². The minimum absolute atomic E-state index is 0.309. The van der Waals surface area contributed by atoms with Gasteiger partial charge in [0, 0.05) is 24.2 Å². The Labute approximate surface area is 216 Å². The zero-order valence-electron chi connectivity index (χ0n) is 21.7. The summed E-state index contributed by atoms with van der Waals surface area (Å²) in [5, 5.41) is 5.47. The molecular weight excluding hydrogens is 462 g/mol. The molecule has 1 aromatic rings. The summed E-state index contributed by atoms with van der Waals surface area (Å²) < 4.78 is 10.3. The molecular formula is C27H47N3O4S. The Hall–Kier alpha value is -1.96. The standard InChI is InChI=1S/C27H47N3O4S/c1-2-3-4-5-6-7-8-9-10-11-12-13-15-19-29-26(31)33-20-22-35-23-21-34-27(32)30-24-25-17-14-16-18-28-25/h14,16-18H,2-13,15,19-24H2,1H3,(H,29,31)(H,30,32). The van der Waals surface area contributed by atoms with Crippen molar-refractivity contribution in [3.8, 4) is 0 Å². The number of hydrogen-bond donors (Lipinski definition) is 2. The summed E-state index contributed by atoms with van der Waals surface area (Å²) in [7, 11) is 0. The fourth-order valence-electron chi connectivity index (χ4n) is 3.59. The van der Waals surface area contributed by atoms with Crippen molar-refractivity contribution >= 4 is 23.9 Å². The fourth-order valence-corrected chi connectivity index (χ4v) is 4.20. The van der Waals surface area contributed by atoms with Crippen molar-refractivity contribution in [1.82, 2.24) is 15.6 Å². The number of aromatic nitrogens is 1. The summed E-state index contributed by atoms with van der Waals surface area (Å²) in [6.07, 6.45) is 18.0. The number of alkyl carbamates (subject to hydrolysis) is 2. The van der Waals surface area contributed by atoms with Gasteiger partial charge in [0.15, 0.2) is 0 Å². The number of carbonyl (C=O) groups is 2. The van der Waals surface area contributed by atoms with Crippen molar-refractivity contribution in [1.29, 1.82) is 0 Å². The third-order valence-electron chi connectivity index (χ3n) is 5.61. The fraction of sp³-hybridized carbons (Fsp3) is 0.741. The van der Waals surface area contributed by atoms with E-state index in [9.17, 15) is 9.59 Å². The Morgan fingerprint density at radius 3 is 1.86 bits per heavy atom. The van der Waals surface area contributed by atoms with Crippen molar-refractivity contribution in [3.63, 3.8) is 0 Å². The number of hydrogen-bond acceptors (Lipinski definition) is 6. The summed E-state index contributed by atoms with van der Waals surface area (Å²) in [5.41, 5.74) is 0.781. The Balaban J connectivity index is 1.77. The van der Waals surface area contributed by atoms with E-state index in [0.717, 1.165) is 18.5 Å². The second-order valence-electron chi connectivity index (χ2n) is 8.73. The average molecular weight is 510 g/mol. The Bertz CT molecular complexity index is 634. The first-order valence-electron chi connectivity index (χ1n) is 13.5. The molecule has 200 valence electrons. The first-order chi connectivity index (χ1) is 17.2. The number of amides is 2. The van der Waals surface area contributed by atoms with Gasteiger partial charge < -0.3 is 20.1 Å². The van der Waals surface area contributed by atoms with Crippen LogP contribution >= 0.6 is 11.8 Å². The number of nitrogens with zero attached hydrogens (tertiary/aromatic N) is 1. The first kappa shape index (κ1) is 31.1. The van der Waals surface area contributed by atoms with E-state index in [2.05, 4.69) is 22.5 Å². The number of carbonyl (C=O) groups excluding carboxylic acids is 2. The number of thioether (sulfide) groups is 1. The van der Waals surface area contributed by atoms with Crippen LogP contribution in [0.4, 0.5) is 9.59 Å². The molecule has 0 aromatic carbocycles. The first-order valence-corrected chi connectivity index (χ1v) is 14.7. The molecule has 2 amide bonds. The lowest BCUT2D eigenvalue weighted by Gasteiger charge is -2.08. The second kappa shape index (κ2) is 23.8. The van der Waals surface area contributed by atoms with Gasteiger partial charge in [-0.25, -0.2) is 9.59 Å². The topological polar surface area (TPSA) is 89.5 Å². The Morgan fingerprint density at radius 1 is 0.771 bits per heavy atom. The highest BCUT2D eigenvalue weighted by molar-refractivity contribution is 7.99. The molecule has 0 aliphatic carbocycles. The third kappa shape index (κ3) is 21.1. The van der Waals surface area contributed by atoms with Crippen LogP contribution < -0.4 is 10.6 Å². The van der Waals surface area contributed by atoms with E-state index in [4.69, 9.17) is 9.47 Å². The van der Waals surface area contributed by atoms with Crippen molar-refractivity contribution in [2.45, 2.75) is 96.9 Å². The predicted molar refractivity (Wildman–Crippen MR) is 145 cm³/mol. The molecule has 2 N–H and O–H groups in total. The molecule has 0 saturated heterocycles. The van der Waals surface area contributed by atoms with Crippen LogP contribution in [0.3, 0.4) is 0 Å². The highest BCUT2D eigenvalue weighted by atomic mass is 32.2. The number of pyridine rings is 1. The van der Waals surface area contributed by atoms with E-state index in [1.54, 1.807) is 18.0 Å². The smallest absolute Gasteiger partial charge is 0.407 e. The number of rotatable bonds is 22. The van der Waals surface area contributed by atoms with E-state index in [-0.39, 0.29) is 6.09 Å². The van der Waals surface area contributed by atoms with E-state index >= 15 is 0 Å². The van der Waals surface area contributed by atoms with Crippen LogP contribution in [0.25, 0.3) is 0 Å². The molecule has 1 rings (SSSR count). The van der Waals surface area contributed by atoms with Gasteiger partial charge in [-0.15, -0.1) is 0 Å². The maximum Gasteiger partial charge on any atom is 0.407 e. The lowest BCUT2D eigenvalue weighted by Crippen LogP contribution is -2.26. The SMILES string of the molecule is CCCCCCCCCCCCCCCNC(=O)OCCSCCOC(=O)NCc1ccccn1. The van der Waals surface area contributed by atoms with Crippen molar-refractivity contribution in [3.05, 3.63) is 30.1 Å². The highest BCUT2D eigenvalue weighted by Crippen LogP contribution is 2.12. The summed E-state index contributed by atoms with van der Waals surface area (Å²) in [4.78, 5) is 27.5. The van der Waals surface area contributed by atoms with Gasteiger partial charge in [-0.3, -0.25) is 4.98 Å². The molecule has 0 spiro atoms. The minimum Gasteiger partial charge on any atom is -0.449 e. The average Bonchev–Trinajstić information content (AvgIpc) is 2.87. The van der Waals surface area contributed by atoms with E-state index in [1.165, 1.54) is 70.6 Å². The van der Waals surface area contributed by atoms with E-state index in [1.807, 2.05) is 18.2 Å². The molecule has 0 aliphatic heterocycles. The monoisotopic (exact) mass is 509 g/mol. The van der Waals surface area contributed by atoms with Crippen LogP contribution in [0.15, 0.2) is 24.4 Å². The van der Waals surface area contributed by atoms with Gasteiger partial charge in [0.25, 0.3) is 0 Å². The van der Waals surface area contributed by atoms with Crippen LogP contribution in [0.5, 0.6) is 0 Å². The zero-order valence-corrected chi connectivity index (χ0v) is 22.5. The largest absolute Gasteiger partial charge is 0.449 e. The Morgan fingerprint density at radius 2 is 1.31 bits per heavy atom. The van der Waals surface area contributed by atoms with Gasteiger partial charge in [0.2, 0.25) is 0 Å². The molecule has 35 heavy (non-hydrogen) atoms. The number of nitrogens with one attached hydrogen (secondary N) is 2. The van der Waals surface area contributed by atoms with Crippen LogP contribution in [0, 0.1) is 0 Å². The molecule has 0 unspecified atom stereocenters. The molecule has 0 saturated carbocycles.